The molecule has 2 heterocycles. The summed E-state index contributed by atoms with van der Waals surface area (Å²) < 4.78 is 11.5. The molecule has 1 saturated heterocycles. The highest BCUT2D eigenvalue weighted by Gasteiger charge is 2.30. The number of rotatable bonds is 3. The highest BCUT2D eigenvalue weighted by Crippen LogP contribution is 2.42. The normalized spacial score (nSPS) is 15.8. The zero-order valence-corrected chi connectivity index (χ0v) is 23.4. The van der Waals surface area contributed by atoms with Crippen molar-refractivity contribution in [3.05, 3.63) is 47.2 Å². The molecular weight excluding hydrogens is 436 g/mol. The molecule has 1 aromatic heterocycles. The van der Waals surface area contributed by atoms with Gasteiger partial charge < -0.3 is 14.4 Å². The van der Waals surface area contributed by atoms with Crippen LogP contribution in [0.5, 0.6) is 5.75 Å². The van der Waals surface area contributed by atoms with Gasteiger partial charge in [0, 0.05) is 41.4 Å². The molecule has 1 aromatic carbocycles. The second-order valence-corrected chi connectivity index (χ2v) is 12.8. The number of hydrogen-bond donors (Lipinski definition) is 0. The lowest BCUT2D eigenvalue weighted by molar-refractivity contribution is 0.0204. The molecular formula is C30H44N2O3. The van der Waals surface area contributed by atoms with Gasteiger partial charge in [-0.2, -0.15) is 0 Å². The number of benzene rings is 1. The van der Waals surface area contributed by atoms with Crippen molar-refractivity contribution in [1.29, 1.82) is 0 Å². The Morgan fingerprint density at radius 2 is 1.46 bits per heavy atom. The van der Waals surface area contributed by atoms with Crippen LogP contribution in [0.4, 0.5) is 4.79 Å². The first kappa shape index (κ1) is 27.0. The summed E-state index contributed by atoms with van der Waals surface area (Å²) in [5.41, 5.74) is 4.99. The van der Waals surface area contributed by atoms with Crippen LogP contribution < -0.4 is 4.74 Å². The summed E-state index contributed by atoms with van der Waals surface area (Å²) in [5.74, 6) is 1.30. The summed E-state index contributed by atoms with van der Waals surface area (Å²) in [7, 11) is 1.77. The lowest BCUT2D eigenvalue weighted by Gasteiger charge is -2.33. The number of piperidine rings is 1. The van der Waals surface area contributed by atoms with Crippen molar-refractivity contribution in [3.63, 3.8) is 0 Å². The predicted molar refractivity (Wildman–Crippen MR) is 143 cm³/mol. The number of carbonyl (C=O) groups is 1. The number of nitrogens with zero attached hydrogens (tertiary/aromatic N) is 2. The van der Waals surface area contributed by atoms with Crippen molar-refractivity contribution in [3.8, 4) is 17.0 Å². The van der Waals surface area contributed by atoms with E-state index in [4.69, 9.17) is 14.5 Å². The van der Waals surface area contributed by atoms with Crippen LogP contribution in [0.25, 0.3) is 11.3 Å². The number of hydrogen-bond acceptors (Lipinski definition) is 4. The van der Waals surface area contributed by atoms with Crippen molar-refractivity contribution in [2.75, 3.05) is 20.2 Å². The minimum atomic E-state index is -0.472. The van der Waals surface area contributed by atoms with Gasteiger partial charge in [0.15, 0.2) is 0 Å². The molecule has 5 nitrogen and oxygen atoms in total. The Balaban J connectivity index is 1.90. The van der Waals surface area contributed by atoms with Gasteiger partial charge in [-0.3, -0.25) is 4.98 Å². The number of carbonyl (C=O) groups excluding carboxylic acids is 1. The summed E-state index contributed by atoms with van der Waals surface area (Å²) >= 11 is 0. The first-order valence-corrected chi connectivity index (χ1v) is 12.8. The lowest BCUT2D eigenvalue weighted by atomic mass is 9.78. The van der Waals surface area contributed by atoms with Crippen molar-refractivity contribution < 1.29 is 14.3 Å². The number of ether oxygens (including phenoxy) is 2. The lowest BCUT2D eigenvalue weighted by Crippen LogP contribution is -2.41. The van der Waals surface area contributed by atoms with E-state index in [2.05, 4.69) is 71.9 Å². The average Bonchev–Trinajstić information content (AvgIpc) is 2.76. The largest absolute Gasteiger partial charge is 0.496 e. The van der Waals surface area contributed by atoms with E-state index in [1.54, 1.807) is 7.11 Å². The molecule has 0 saturated carbocycles. The number of pyridine rings is 1. The van der Waals surface area contributed by atoms with Crippen LogP contribution in [0.15, 0.2) is 30.3 Å². The number of amides is 1. The number of aromatic nitrogens is 1. The van der Waals surface area contributed by atoms with E-state index in [1.807, 2.05) is 25.7 Å². The Morgan fingerprint density at radius 1 is 0.914 bits per heavy atom. The third-order valence-electron chi connectivity index (χ3n) is 6.54. The highest BCUT2D eigenvalue weighted by molar-refractivity contribution is 5.68. The molecule has 0 spiro atoms. The van der Waals surface area contributed by atoms with E-state index in [0.29, 0.717) is 19.0 Å². The van der Waals surface area contributed by atoms with E-state index < -0.39 is 5.60 Å². The topological polar surface area (TPSA) is 51.7 Å². The summed E-state index contributed by atoms with van der Waals surface area (Å²) in [6, 6.07) is 10.8. The maximum Gasteiger partial charge on any atom is 0.410 e. The molecule has 192 valence electrons. The van der Waals surface area contributed by atoms with Crippen LogP contribution in [0.1, 0.15) is 97.9 Å². The standard InChI is InChI=1S/C30H44N2O3/c1-28(2,3)22-18-21(19-23(26(22)34-10)29(4,5)6)25-13-11-12-24(31-25)20-14-16-32(17-15-20)27(33)35-30(7,8)9/h11-13,18-20H,14-17H2,1-10H3. The average molecular weight is 481 g/mol. The minimum absolute atomic E-state index is 0.0620. The van der Waals surface area contributed by atoms with Gasteiger partial charge in [0.25, 0.3) is 0 Å². The van der Waals surface area contributed by atoms with Crippen LogP contribution in [-0.4, -0.2) is 41.8 Å². The molecule has 0 bridgehead atoms. The molecule has 0 radical (unpaired) electrons. The molecule has 1 aliphatic rings. The van der Waals surface area contributed by atoms with E-state index in [9.17, 15) is 4.79 Å². The Hall–Kier alpha value is -2.56. The minimum Gasteiger partial charge on any atom is -0.496 e. The summed E-state index contributed by atoms with van der Waals surface area (Å²) in [4.78, 5) is 19.4. The van der Waals surface area contributed by atoms with Crippen molar-refractivity contribution >= 4 is 6.09 Å². The third kappa shape index (κ3) is 6.56. The predicted octanol–water partition coefficient (Wildman–Crippen LogP) is 7.47. The summed E-state index contributed by atoms with van der Waals surface area (Å²) in [6.07, 6.45) is 1.55. The van der Waals surface area contributed by atoms with Crippen LogP contribution in [0.3, 0.4) is 0 Å². The third-order valence-corrected chi connectivity index (χ3v) is 6.54. The molecule has 0 aliphatic carbocycles. The molecule has 3 rings (SSSR count). The van der Waals surface area contributed by atoms with Crippen molar-refractivity contribution in [1.82, 2.24) is 9.88 Å². The maximum absolute atomic E-state index is 12.5. The fourth-order valence-corrected chi connectivity index (χ4v) is 4.63. The molecule has 1 aliphatic heterocycles. The SMILES string of the molecule is COc1c(C(C)(C)C)cc(-c2cccc(C3CCN(C(=O)OC(C)(C)C)CC3)n2)cc1C(C)(C)C. The molecule has 0 atom stereocenters. The van der Waals surface area contributed by atoms with Gasteiger partial charge in [0.2, 0.25) is 0 Å². The van der Waals surface area contributed by atoms with Crippen LogP contribution in [0.2, 0.25) is 0 Å². The van der Waals surface area contributed by atoms with Crippen molar-refractivity contribution in [2.24, 2.45) is 0 Å². The van der Waals surface area contributed by atoms with Gasteiger partial charge >= 0.3 is 6.09 Å². The van der Waals surface area contributed by atoms with Crippen LogP contribution in [0, 0.1) is 0 Å². The Bertz CT molecular complexity index is 1010. The van der Waals surface area contributed by atoms with E-state index in [0.717, 1.165) is 35.5 Å². The number of likely N-dealkylation sites (tertiary alicyclic amines) is 1. The maximum atomic E-state index is 12.5. The fraction of sp³-hybridized carbons (Fsp3) is 0.600. The smallest absolute Gasteiger partial charge is 0.410 e. The summed E-state index contributed by atoms with van der Waals surface area (Å²) in [5, 5.41) is 0. The fourth-order valence-electron chi connectivity index (χ4n) is 4.63. The van der Waals surface area contributed by atoms with Gasteiger partial charge in [-0.1, -0.05) is 47.6 Å². The van der Waals surface area contributed by atoms with Crippen molar-refractivity contribution in [2.45, 2.75) is 97.5 Å². The zero-order valence-electron chi connectivity index (χ0n) is 23.4. The molecule has 1 amide bonds. The Morgan fingerprint density at radius 3 is 1.91 bits per heavy atom. The second-order valence-electron chi connectivity index (χ2n) is 12.8. The van der Waals surface area contributed by atoms with Crippen LogP contribution >= 0.6 is 0 Å². The quantitative estimate of drug-likeness (QED) is 0.457. The first-order valence-electron chi connectivity index (χ1n) is 12.8. The summed E-state index contributed by atoms with van der Waals surface area (Å²) in [6.45, 7) is 20.5. The first-order chi connectivity index (χ1) is 16.1. The zero-order chi connectivity index (χ0) is 26.2. The Kier molecular flexibility index (Phi) is 7.59. The Labute approximate surface area is 212 Å². The van der Waals surface area contributed by atoms with Gasteiger partial charge in [-0.05, 0) is 68.7 Å². The highest BCUT2D eigenvalue weighted by atomic mass is 16.6. The van der Waals surface area contributed by atoms with Gasteiger partial charge in [0.1, 0.15) is 11.4 Å². The number of methoxy groups -OCH3 is 1. The van der Waals surface area contributed by atoms with Crippen LogP contribution in [-0.2, 0) is 15.6 Å². The second kappa shape index (κ2) is 9.83. The monoisotopic (exact) mass is 480 g/mol. The van der Waals surface area contributed by atoms with E-state index in [1.165, 1.54) is 11.1 Å². The molecule has 0 unspecified atom stereocenters. The molecule has 5 heteroatoms. The molecule has 1 fully saturated rings. The van der Waals surface area contributed by atoms with Gasteiger partial charge in [-0.15, -0.1) is 0 Å². The molecule has 35 heavy (non-hydrogen) atoms. The van der Waals surface area contributed by atoms with E-state index in [-0.39, 0.29) is 16.9 Å². The molecule has 2 aromatic rings. The molecule has 0 N–H and O–H groups in total. The van der Waals surface area contributed by atoms with Gasteiger partial charge in [-0.25, -0.2) is 4.79 Å². The van der Waals surface area contributed by atoms with Gasteiger partial charge in [0.05, 0.1) is 12.8 Å². The van der Waals surface area contributed by atoms with E-state index >= 15 is 0 Å².